The number of ether oxygens (including phenoxy) is 1. The average molecular weight is 372 g/mol. The Morgan fingerprint density at radius 2 is 1.78 bits per heavy atom. The van der Waals surface area contributed by atoms with E-state index in [-0.39, 0.29) is 31.1 Å². The Morgan fingerprint density at radius 3 is 2.48 bits per heavy atom. The molecule has 0 aliphatic carbocycles. The van der Waals surface area contributed by atoms with Gasteiger partial charge in [-0.2, -0.15) is 4.98 Å². The van der Waals surface area contributed by atoms with Crippen LogP contribution in [-0.2, 0) is 29.0 Å². The van der Waals surface area contributed by atoms with Gasteiger partial charge in [0.2, 0.25) is 0 Å². The van der Waals surface area contributed by atoms with Gasteiger partial charge in [-0.15, -0.1) is 0 Å². The Labute approximate surface area is 160 Å². The molecule has 0 N–H and O–H groups in total. The predicted octanol–water partition coefficient (Wildman–Crippen LogP) is 4.46. The Kier molecular flexibility index (Phi) is 8.68. The van der Waals surface area contributed by atoms with E-state index in [0.717, 1.165) is 25.7 Å². The van der Waals surface area contributed by atoms with Crippen molar-refractivity contribution >= 4 is 11.8 Å². The van der Waals surface area contributed by atoms with Gasteiger partial charge in [-0.25, -0.2) is 0 Å². The summed E-state index contributed by atoms with van der Waals surface area (Å²) in [5, 5.41) is 3.80. The SMILES string of the molecule is CCCCCc1ccc(C(=O)CCC(=O)OCc2nc(CCC)no2)cc1. The van der Waals surface area contributed by atoms with Crippen LogP contribution >= 0.6 is 0 Å². The van der Waals surface area contributed by atoms with Crippen LogP contribution < -0.4 is 0 Å². The van der Waals surface area contributed by atoms with Gasteiger partial charge in [0.1, 0.15) is 0 Å². The van der Waals surface area contributed by atoms with E-state index in [1.807, 2.05) is 31.2 Å². The van der Waals surface area contributed by atoms with Crippen molar-refractivity contribution in [3.63, 3.8) is 0 Å². The highest BCUT2D eigenvalue weighted by atomic mass is 16.6. The van der Waals surface area contributed by atoms with Crippen molar-refractivity contribution in [2.75, 3.05) is 0 Å². The Balaban J connectivity index is 1.71. The molecule has 1 aromatic heterocycles. The third kappa shape index (κ3) is 7.33. The molecule has 0 unspecified atom stereocenters. The summed E-state index contributed by atoms with van der Waals surface area (Å²) in [7, 11) is 0. The number of esters is 1. The van der Waals surface area contributed by atoms with Crippen LogP contribution in [0.15, 0.2) is 28.8 Å². The second kappa shape index (κ2) is 11.3. The average Bonchev–Trinajstić information content (AvgIpc) is 3.13. The van der Waals surface area contributed by atoms with Gasteiger partial charge in [0.25, 0.3) is 5.89 Å². The fraction of sp³-hybridized carbons (Fsp3) is 0.524. The molecule has 2 rings (SSSR count). The summed E-state index contributed by atoms with van der Waals surface area (Å²) >= 11 is 0. The number of benzene rings is 1. The van der Waals surface area contributed by atoms with Gasteiger partial charge in [-0.05, 0) is 24.8 Å². The summed E-state index contributed by atoms with van der Waals surface area (Å²) in [6, 6.07) is 7.65. The van der Waals surface area contributed by atoms with E-state index in [2.05, 4.69) is 17.1 Å². The van der Waals surface area contributed by atoms with Crippen molar-refractivity contribution in [3.8, 4) is 0 Å². The highest BCUT2D eigenvalue weighted by Gasteiger charge is 2.12. The highest BCUT2D eigenvalue weighted by molar-refractivity contribution is 5.97. The van der Waals surface area contributed by atoms with Crippen molar-refractivity contribution in [1.29, 1.82) is 0 Å². The maximum absolute atomic E-state index is 12.2. The number of rotatable bonds is 12. The fourth-order valence-corrected chi connectivity index (χ4v) is 2.68. The minimum atomic E-state index is -0.449. The van der Waals surface area contributed by atoms with Crippen molar-refractivity contribution in [1.82, 2.24) is 10.1 Å². The van der Waals surface area contributed by atoms with E-state index in [0.29, 0.717) is 11.4 Å². The minimum Gasteiger partial charge on any atom is -0.456 e. The van der Waals surface area contributed by atoms with E-state index in [4.69, 9.17) is 9.26 Å². The maximum Gasteiger partial charge on any atom is 0.306 e. The zero-order chi connectivity index (χ0) is 19.5. The van der Waals surface area contributed by atoms with Crippen LogP contribution in [0.25, 0.3) is 0 Å². The van der Waals surface area contributed by atoms with Crippen LogP contribution in [0.5, 0.6) is 0 Å². The van der Waals surface area contributed by atoms with E-state index < -0.39 is 5.97 Å². The van der Waals surface area contributed by atoms with Crippen LogP contribution in [0.2, 0.25) is 0 Å². The number of carbonyl (C=O) groups excluding carboxylic acids is 2. The van der Waals surface area contributed by atoms with Crippen molar-refractivity contribution in [2.24, 2.45) is 0 Å². The van der Waals surface area contributed by atoms with Crippen LogP contribution in [0.1, 0.15) is 80.0 Å². The predicted molar refractivity (Wildman–Crippen MR) is 101 cm³/mol. The molecule has 146 valence electrons. The van der Waals surface area contributed by atoms with Crippen molar-refractivity contribution in [3.05, 3.63) is 47.1 Å². The first-order chi connectivity index (χ1) is 13.1. The summed E-state index contributed by atoms with van der Waals surface area (Å²) in [6.45, 7) is 4.14. The van der Waals surface area contributed by atoms with Gasteiger partial charge in [0, 0.05) is 18.4 Å². The largest absolute Gasteiger partial charge is 0.456 e. The molecule has 0 bridgehead atoms. The van der Waals surface area contributed by atoms with E-state index in [1.165, 1.54) is 18.4 Å². The third-order valence-electron chi connectivity index (χ3n) is 4.24. The van der Waals surface area contributed by atoms with Crippen LogP contribution in [0.4, 0.5) is 0 Å². The van der Waals surface area contributed by atoms with Crippen molar-refractivity contribution in [2.45, 2.75) is 71.8 Å². The molecule has 0 saturated carbocycles. The molecule has 0 amide bonds. The molecule has 6 nitrogen and oxygen atoms in total. The second-order valence-electron chi connectivity index (χ2n) is 6.59. The quantitative estimate of drug-likeness (QED) is 0.311. The minimum absolute atomic E-state index is 0.0348. The lowest BCUT2D eigenvalue weighted by molar-refractivity contribution is -0.145. The number of Topliss-reactive ketones (excluding diaryl/α,β-unsaturated/α-hetero) is 1. The van der Waals surface area contributed by atoms with E-state index in [1.54, 1.807) is 0 Å². The van der Waals surface area contributed by atoms with E-state index >= 15 is 0 Å². The molecule has 0 aliphatic rings. The molecule has 1 heterocycles. The molecule has 0 atom stereocenters. The molecule has 0 spiro atoms. The molecule has 6 heteroatoms. The second-order valence-corrected chi connectivity index (χ2v) is 6.59. The zero-order valence-electron chi connectivity index (χ0n) is 16.2. The molecular formula is C21H28N2O4. The van der Waals surface area contributed by atoms with Crippen LogP contribution in [0.3, 0.4) is 0 Å². The summed E-state index contributed by atoms with van der Waals surface area (Å²) in [6.07, 6.45) is 6.40. The monoisotopic (exact) mass is 372 g/mol. The van der Waals surface area contributed by atoms with Gasteiger partial charge in [-0.3, -0.25) is 9.59 Å². The number of ketones is 1. The van der Waals surface area contributed by atoms with Gasteiger partial charge in [0.15, 0.2) is 18.2 Å². The molecular weight excluding hydrogens is 344 g/mol. The lowest BCUT2D eigenvalue weighted by Gasteiger charge is -2.04. The lowest BCUT2D eigenvalue weighted by Crippen LogP contribution is -2.08. The zero-order valence-corrected chi connectivity index (χ0v) is 16.2. The standard InChI is InChI=1S/C21H28N2O4/c1-3-5-6-8-16-9-11-17(12-10-16)18(24)13-14-21(25)26-15-20-22-19(7-4-2)23-27-20/h9-12H,3-8,13-15H2,1-2H3. The molecule has 27 heavy (non-hydrogen) atoms. The molecule has 0 fully saturated rings. The number of unbranched alkanes of at least 4 members (excludes halogenated alkanes) is 2. The Bertz CT molecular complexity index is 722. The molecule has 2 aromatic rings. The number of carbonyl (C=O) groups is 2. The molecule has 1 aromatic carbocycles. The third-order valence-corrected chi connectivity index (χ3v) is 4.24. The summed E-state index contributed by atoms with van der Waals surface area (Å²) in [5.41, 5.74) is 1.87. The first kappa shape index (κ1) is 20.8. The normalized spacial score (nSPS) is 10.7. The van der Waals surface area contributed by atoms with Crippen LogP contribution in [0, 0.1) is 0 Å². The number of hydrogen-bond acceptors (Lipinski definition) is 6. The number of aromatic nitrogens is 2. The molecule has 0 radical (unpaired) electrons. The van der Waals surface area contributed by atoms with Gasteiger partial charge < -0.3 is 9.26 Å². The van der Waals surface area contributed by atoms with Crippen molar-refractivity contribution < 1.29 is 18.8 Å². The smallest absolute Gasteiger partial charge is 0.306 e. The molecule has 0 saturated heterocycles. The topological polar surface area (TPSA) is 82.3 Å². The van der Waals surface area contributed by atoms with E-state index in [9.17, 15) is 9.59 Å². The summed E-state index contributed by atoms with van der Waals surface area (Å²) in [4.78, 5) is 28.2. The summed E-state index contributed by atoms with van der Waals surface area (Å²) < 4.78 is 10.1. The highest BCUT2D eigenvalue weighted by Crippen LogP contribution is 2.12. The first-order valence-corrected chi connectivity index (χ1v) is 9.71. The maximum atomic E-state index is 12.2. The lowest BCUT2D eigenvalue weighted by atomic mass is 10.0. The molecule has 0 aliphatic heterocycles. The van der Waals surface area contributed by atoms with Gasteiger partial charge >= 0.3 is 5.97 Å². The Morgan fingerprint density at radius 1 is 1.00 bits per heavy atom. The van der Waals surface area contributed by atoms with Gasteiger partial charge in [0.05, 0.1) is 6.42 Å². The Hall–Kier alpha value is -2.50. The summed E-state index contributed by atoms with van der Waals surface area (Å²) in [5.74, 6) is 0.374. The number of nitrogens with zero attached hydrogens (tertiary/aromatic N) is 2. The number of hydrogen-bond donors (Lipinski definition) is 0. The first-order valence-electron chi connectivity index (χ1n) is 9.71. The van der Waals surface area contributed by atoms with Crippen LogP contribution in [-0.4, -0.2) is 21.9 Å². The fourth-order valence-electron chi connectivity index (χ4n) is 2.68. The number of aryl methyl sites for hydroxylation is 2. The van der Waals surface area contributed by atoms with Gasteiger partial charge in [-0.1, -0.05) is 56.1 Å².